The Bertz CT molecular complexity index is 851. The first kappa shape index (κ1) is 17.8. The first-order valence-electron chi connectivity index (χ1n) is 6.07. The number of nitro groups is 1. The SMILES string of the molecule is O=[N+]([O-])c1ccc(Cl)c(NS(=O)(=O)Cc2c(Cl)cccc2Cl)c1. The van der Waals surface area contributed by atoms with Crippen LogP contribution < -0.4 is 4.72 Å². The molecule has 6 nitrogen and oxygen atoms in total. The van der Waals surface area contributed by atoms with Crippen LogP contribution in [0.4, 0.5) is 11.4 Å². The summed E-state index contributed by atoms with van der Waals surface area (Å²) in [6.45, 7) is 0. The minimum absolute atomic E-state index is 0.0319. The maximum absolute atomic E-state index is 12.3. The fourth-order valence-corrected chi connectivity index (χ4v) is 3.95. The van der Waals surface area contributed by atoms with E-state index in [0.717, 1.165) is 6.07 Å². The highest BCUT2D eigenvalue weighted by Gasteiger charge is 2.19. The summed E-state index contributed by atoms with van der Waals surface area (Å²) in [5, 5.41) is 11.2. The standard InChI is InChI=1S/C13H9Cl3N2O4S/c14-10-2-1-3-11(15)9(10)7-23(21,22)17-13-6-8(18(19)20)4-5-12(13)16/h1-6,17H,7H2. The fourth-order valence-electron chi connectivity index (χ4n) is 1.77. The van der Waals surface area contributed by atoms with Gasteiger partial charge in [0.2, 0.25) is 10.0 Å². The lowest BCUT2D eigenvalue weighted by molar-refractivity contribution is -0.384. The Morgan fingerprint density at radius 1 is 1.04 bits per heavy atom. The second-order valence-corrected chi connectivity index (χ2v) is 7.43. The molecule has 23 heavy (non-hydrogen) atoms. The Kier molecular flexibility index (Phi) is 5.36. The topological polar surface area (TPSA) is 89.3 Å². The second kappa shape index (κ2) is 6.92. The quantitative estimate of drug-likeness (QED) is 0.596. The molecule has 0 heterocycles. The summed E-state index contributed by atoms with van der Waals surface area (Å²) in [5.74, 6) is -0.496. The van der Waals surface area contributed by atoms with Gasteiger partial charge in [0.1, 0.15) is 0 Å². The van der Waals surface area contributed by atoms with Crippen molar-refractivity contribution in [1.82, 2.24) is 0 Å². The highest BCUT2D eigenvalue weighted by atomic mass is 35.5. The van der Waals surface area contributed by atoms with E-state index in [1.807, 2.05) is 0 Å². The highest BCUT2D eigenvalue weighted by Crippen LogP contribution is 2.30. The van der Waals surface area contributed by atoms with E-state index in [9.17, 15) is 18.5 Å². The van der Waals surface area contributed by atoms with Gasteiger partial charge in [0.15, 0.2) is 0 Å². The van der Waals surface area contributed by atoms with Gasteiger partial charge in [-0.15, -0.1) is 0 Å². The molecular formula is C13H9Cl3N2O4S. The molecule has 0 saturated carbocycles. The van der Waals surface area contributed by atoms with Crippen molar-refractivity contribution in [2.24, 2.45) is 0 Å². The first-order chi connectivity index (χ1) is 10.7. The van der Waals surface area contributed by atoms with Crippen molar-refractivity contribution in [2.75, 3.05) is 4.72 Å². The molecule has 2 aromatic carbocycles. The zero-order valence-electron chi connectivity index (χ0n) is 11.3. The first-order valence-corrected chi connectivity index (χ1v) is 8.85. The molecule has 0 aromatic heterocycles. The molecule has 0 aliphatic carbocycles. The zero-order valence-corrected chi connectivity index (χ0v) is 14.4. The molecule has 0 aliphatic heterocycles. The maximum Gasteiger partial charge on any atom is 0.271 e. The number of nitrogens with zero attached hydrogens (tertiary/aromatic N) is 1. The molecule has 122 valence electrons. The third-order valence-electron chi connectivity index (χ3n) is 2.82. The van der Waals surface area contributed by atoms with Crippen LogP contribution in [0.3, 0.4) is 0 Å². The monoisotopic (exact) mass is 394 g/mol. The lowest BCUT2D eigenvalue weighted by atomic mass is 10.2. The van der Waals surface area contributed by atoms with Crippen molar-refractivity contribution in [3.05, 3.63) is 67.1 Å². The lowest BCUT2D eigenvalue weighted by Crippen LogP contribution is -2.16. The van der Waals surface area contributed by atoms with Gasteiger partial charge in [0, 0.05) is 27.7 Å². The van der Waals surface area contributed by atoms with Crippen molar-refractivity contribution in [1.29, 1.82) is 0 Å². The smallest absolute Gasteiger partial charge is 0.271 e. The molecule has 0 aliphatic rings. The molecule has 10 heteroatoms. The van der Waals surface area contributed by atoms with Crippen LogP contribution in [0, 0.1) is 10.1 Å². The van der Waals surface area contributed by atoms with Crippen LogP contribution >= 0.6 is 34.8 Å². The molecule has 0 unspecified atom stereocenters. The minimum atomic E-state index is -3.92. The average Bonchev–Trinajstić information content (AvgIpc) is 2.45. The molecule has 0 bridgehead atoms. The molecule has 2 aromatic rings. The Labute approximate surface area is 147 Å². The van der Waals surface area contributed by atoms with Crippen molar-refractivity contribution in [3.8, 4) is 0 Å². The summed E-state index contributed by atoms with van der Waals surface area (Å²) >= 11 is 17.8. The number of hydrogen-bond acceptors (Lipinski definition) is 4. The van der Waals surface area contributed by atoms with Gasteiger partial charge in [-0.25, -0.2) is 8.42 Å². The van der Waals surface area contributed by atoms with Crippen molar-refractivity contribution >= 4 is 56.2 Å². The van der Waals surface area contributed by atoms with Gasteiger partial charge >= 0.3 is 0 Å². The minimum Gasteiger partial charge on any atom is -0.282 e. The van der Waals surface area contributed by atoms with Crippen molar-refractivity contribution in [3.63, 3.8) is 0 Å². The number of sulfonamides is 1. The number of nitro benzene ring substituents is 1. The van der Waals surface area contributed by atoms with Crippen LogP contribution in [0.1, 0.15) is 5.56 Å². The van der Waals surface area contributed by atoms with Gasteiger partial charge < -0.3 is 0 Å². The van der Waals surface area contributed by atoms with Crippen LogP contribution in [0.25, 0.3) is 0 Å². The average molecular weight is 396 g/mol. The van der Waals surface area contributed by atoms with Gasteiger partial charge in [-0.1, -0.05) is 40.9 Å². The summed E-state index contributed by atoms with van der Waals surface area (Å²) in [5.41, 5.74) is -0.156. The van der Waals surface area contributed by atoms with Gasteiger partial charge in [-0.05, 0) is 18.2 Å². The Balaban J connectivity index is 2.32. The number of nitrogens with one attached hydrogen (secondary N) is 1. The lowest BCUT2D eigenvalue weighted by Gasteiger charge is -2.11. The molecule has 0 fully saturated rings. The van der Waals surface area contributed by atoms with E-state index in [4.69, 9.17) is 34.8 Å². The number of anilines is 1. The second-order valence-electron chi connectivity index (χ2n) is 4.48. The number of benzene rings is 2. The van der Waals surface area contributed by atoms with E-state index in [2.05, 4.69) is 4.72 Å². The number of non-ortho nitro benzene ring substituents is 1. The highest BCUT2D eigenvalue weighted by molar-refractivity contribution is 7.91. The zero-order chi connectivity index (χ0) is 17.2. The fraction of sp³-hybridized carbons (Fsp3) is 0.0769. The van der Waals surface area contributed by atoms with E-state index >= 15 is 0 Å². The van der Waals surface area contributed by atoms with Gasteiger partial charge in [0.05, 0.1) is 21.4 Å². The number of halogens is 3. The van der Waals surface area contributed by atoms with Crippen molar-refractivity contribution < 1.29 is 13.3 Å². The van der Waals surface area contributed by atoms with Crippen LogP contribution in [-0.2, 0) is 15.8 Å². The molecule has 0 spiro atoms. The summed E-state index contributed by atoms with van der Waals surface area (Å²) < 4.78 is 26.7. The number of rotatable bonds is 5. The van der Waals surface area contributed by atoms with Crippen LogP contribution in [0.15, 0.2) is 36.4 Å². The Morgan fingerprint density at radius 3 is 2.22 bits per heavy atom. The van der Waals surface area contributed by atoms with E-state index in [1.165, 1.54) is 24.3 Å². The van der Waals surface area contributed by atoms with Gasteiger partial charge in [-0.2, -0.15) is 0 Å². The molecule has 0 radical (unpaired) electrons. The largest absolute Gasteiger partial charge is 0.282 e. The van der Waals surface area contributed by atoms with E-state index < -0.39 is 20.7 Å². The predicted octanol–water partition coefficient (Wildman–Crippen LogP) is 4.50. The third-order valence-corrected chi connectivity index (χ3v) is 5.06. The third kappa shape index (κ3) is 4.48. The number of hydrogen-bond donors (Lipinski definition) is 1. The van der Waals surface area contributed by atoms with Crippen molar-refractivity contribution in [2.45, 2.75) is 5.75 Å². The van der Waals surface area contributed by atoms with Crippen LogP contribution in [0.5, 0.6) is 0 Å². The van der Waals surface area contributed by atoms with Crippen LogP contribution in [0.2, 0.25) is 15.1 Å². The predicted molar refractivity (Wildman–Crippen MR) is 90.8 cm³/mol. The van der Waals surface area contributed by atoms with E-state index in [0.29, 0.717) is 0 Å². The van der Waals surface area contributed by atoms with Crippen LogP contribution in [-0.4, -0.2) is 13.3 Å². The summed E-state index contributed by atoms with van der Waals surface area (Å²) in [6.07, 6.45) is 0. The maximum atomic E-state index is 12.3. The summed E-state index contributed by atoms with van der Waals surface area (Å²) in [6, 6.07) is 8.06. The van der Waals surface area contributed by atoms with Gasteiger partial charge in [-0.3, -0.25) is 14.8 Å². The molecule has 0 atom stereocenters. The van der Waals surface area contributed by atoms with E-state index in [-0.39, 0.29) is 32.0 Å². The molecule has 1 N–H and O–H groups in total. The summed E-state index contributed by atoms with van der Waals surface area (Å²) in [7, 11) is -3.92. The van der Waals surface area contributed by atoms with E-state index in [1.54, 1.807) is 6.07 Å². The molecule has 0 amide bonds. The molecule has 2 rings (SSSR count). The Morgan fingerprint density at radius 2 is 1.65 bits per heavy atom. The summed E-state index contributed by atoms with van der Waals surface area (Å²) in [4.78, 5) is 10.1. The Hall–Kier alpha value is -1.54. The molecule has 0 saturated heterocycles. The van der Waals surface area contributed by atoms with Gasteiger partial charge in [0.25, 0.3) is 5.69 Å². The molecular weight excluding hydrogens is 387 g/mol. The normalized spacial score (nSPS) is 11.3.